The van der Waals surface area contributed by atoms with Crippen LogP contribution in [0.4, 0.5) is 35.1 Å². The summed E-state index contributed by atoms with van der Waals surface area (Å²) in [7, 11) is 0. The number of ether oxygens (including phenoxy) is 2. The van der Waals surface area contributed by atoms with Crippen molar-refractivity contribution in [2.75, 3.05) is 6.61 Å². The number of hydrogen-bond donors (Lipinski definition) is 0. The summed E-state index contributed by atoms with van der Waals surface area (Å²) in [5.74, 6) is -7.37. The van der Waals surface area contributed by atoms with E-state index in [0.29, 0.717) is 12.4 Å². The number of hydrogen-bond acceptors (Lipinski definition) is 3. The Balaban J connectivity index is 2.41. The van der Waals surface area contributed by atoms with Gasteiger partial charge in [-0.05, 0) is 29.3 Å². The van der Waals surface area contributed by atoms with Crippen LogP contribution in [0.1, 0.15) is 10.4 Å². The van der Waals surface area contributed by atoms with E-state index in [2.05, 4.69) is 9.47 Å². The molecule has 0 aliphatic rings. The Hall–Kier alpha value is -2.85. The normalized spacial score (nSPS) is 12.6. The van der Waals surface area contributed by atoms with Gasteiger partial charge in [-0.3, -0.25) is 4.79 Å². The zero-order valence-electron chi connectivity index (χ0n) is 13.6. The molecule has 2 rings (SSSR count). The van der Waals surface area contributed by atoms with Crippen LogP contribution in [0.15, 0.2) is 42.5 Å². The van der Waals surface area contributed by atoms with Gasteiger partial charge in [0.2, 0.25) is 0 Å². The number of carbonyl (C=O) groups is 1. The van der Waals surface area contributed by atoms with Gasteiger partial charge in [-0.25, -0.2) is 0 Å². The topological polar surface area (TPSA) is 35.5 Å². The van der Waals surface area contributed by atoms with Crippen LogP contribution in [0, 0.1) is 0 Å². The maximum Gasteiger partial charge on any atom is 0.573 e. The van der Waals surface area contributed by atoms with E-state index in [9.17, 15) is 39.9 Å². The zero-order valence-corrected chi connectivity index (χ0v) is 13.6. The third-order valence-electron chi connectivity index (χ3n) is 3.35. The largest absolute Gasteiger partial charge is 0.573 e. The fourth-order valence-electron chi connectivity index (χ4n) is 2.05. The Bertz CT molecular complexity index is 843. The van der Waals surface area contributed by atoms with Crippen molar-refractivity contribution >= 4 is 6.29 Å². The first-order chi connectivity index (χ1) is 12.8. The monoisotopic (exact) mass is 414 g/mol. The molecular weight excluding hydrogens is 404 g/mol. The second kappa shape index (κ2) is 7.64. The lowest BCUT2D eigenvalue weighted by Crippen LogP contribution is -2.41. The van der Waals surface area contributed by atoms with E-state index >= 15 is 0 Å². The molecule has 0 unspecified atom stereocenters. The Morgan fingerprint density at radius 1 is 0.821 bits per heavy atom. The van der Waals surface area contributed by atoms with Crippen molar-refractivity contribution in [3.8, 4) is 22.6 Å². The highest BCUT2D eigenvalue weighted by molar-refractivity contribution is 5.79. The molecule has 0 aliphatic carbocycles. The van der Waals surface area contributed by atoms with E-state index in [-0.39, 0.29) is 16.7 Å². The van der Waals surface area contributed by atoms with Crippen molar-refractivity contribution in [2.24, 2.45) is 0 Å². The van der Waals surface area contributed by atoms with Crippen molar-refractivity contribution in [3.63, 3.8) is 0 Å². The van der Waals surface area contributed by atoms with Crippen LogP contribution in [0.25, 0.3) is 11.1 Å². The minimum atomic E-state index is -5.95. The standard InChI is InChI=1S/C17H10F8O3/c18-15(19,16(20,21)22)9-27-14-7-12(4-5-13(14)28-17(23,24)25)11-3-1-2-10(6-11)8-26/h1-8H,9H2. The van der Waals surface area contributed by atoms with Crippen molar-refractivity contribution < 1.29 is 49.4 Å². The lowest BCUT2D eigenvalue weighted by molar-refractivity contribution is -0.291. The zero-order chi connectivity index (χ0) is 21.2. The van der Waals surface area contributed by atoms with Gasteiger partial charge in [0.05, 0.1) is 0 Å². The molecular formula is C17H10F8O3. The highest BCUT2D eigenvalue weighted by Crippen LogP contribution is 2.39. The molecule has 2 aromatic rings. The van der Waals surface area contributed by atoms with E-state index in [1.807, 2.05) is 0 Å². The minimum Gasteiger partial charge on any atom is -0.483 e. The molecule has 0 aromatic heterocycles. The van der Waals surface area contributed by atoms with E-state index in [1.165, 1.54) is 24.3 Å². The van der Waals surface area contributed by atoms with Gasteiger partial charge in [-0.2, -0.15) is 22.0 Å². The van der Waals surface area contributed by atoms with Gasteiger partial charge >= 0.3 is 18.5 Å². The highest BCUT2D eigenvalue weighted by atomic mass is 19.4. The molecule has 0 spiro atoms. The van der Waals surface area contributed by atoms with Gasteiger partial charge in [0.25, 0.3) is 0 Å². The van der Waals surface area contributed by atoms with Gasteiger partial charge < -0.3 is 9.47 Å². The average molecular weight is 414 g/mol. The third-order valence-corrected chi connectivity index (χ3v) is 3.35. The Kier molecular flexibility index (Phi) is 5.86. The van der Waals surface area contributed by atoms with Crippen LogP contribution < -0.4 is 9.47 Å². The molecule has 28 heavy (non-hydrogen) atoms. The van der Waals surface area contributed by atoms with E-state index in [4.69, 9.17) is 0 Å². The smallest absolute Gasteiger partial charge is 0.483 e. The first-order valence-electron chi connectivity index (χ1n) is 7.35. The van der Waals surface area contributed by atoms with E-state index < -0.39 is 36.6 Å². The molecule has 2 aromatic carbocycles. The average Bonchev–Trinajstić information content (AvgIpc) is 2.58. The predicted molar refractivity (Wildman–Crippen MR) is 80.4 cm³/mol. The third kappa shape index (κ3) is 5.33. The van der Waals surface area contributed by atoms with Crippen LogP contribution in [0.2, 0.25) is 0 Å². The van der Waals surface area contributed by atoms with Crippen LogP contribution >= 0.6 is 0 Å². The van der Waals surface area contributed by atoms with Gasteiger partial charge in [-0.15, -0.1) is 13.2 Å². The van der Waals surface area contributed by atoms with Crippen LogP contribution in [0.3, 0.4) is 0 Å². The molecule has 152 valence electrons. The summed E-state index contributed by atoms with van der Waals surface area (Å²) in [4.78, 5) is 10.8. The lowest BCUT2D eigenvalue weighted by atomic mass is 10.0. The summed E-state index contributed by atoms with van der Waals surface area (Å²) >= 11 is 0. The van der Waals surface area contributed by atoms with E-state index in [0.717, 1.165) is 12.1 Å². The summed E-state index contributed by atoms with van der Waals surface area (Å²) in [6.07, 6.45) is -10.7. The fourth-order valence-corrected chi connectivity index (χ4v) is 2.05. The summed E-state index contributed by atoms with van der Waals surface area (Å²) in [6.45, 7) is -2.25. The molecule has 11 heteroatoms. The first kappa shape index (κ1) is 21.5. The summed E-state index contributed by atoms with van der Waals surface area (Å²) in [6, 6.07) is 8.26. The molecule has 0 heterocycles. The molecule has 0 saturated heterocycles. The van der Waals surface area contributed by atoms with Crippen molar-refractivity contribution in [1.29, 1.82) is 0 Å². The molecule has 0 atom stereocenters. The van der Waals surface area contributed by atoms with Crippen LogP contribution in [0.5, 0.6) is 11.5 Å². The van der Waals surface area contributed by atoms with Gasteiger partial charge in [0.1, 0.15) is 6.29 Å². The quantitative estimate of drug-likeness (QED) is 0.453. The number of aldehydes is 1. The SMILES string of the molecule is O=Cc1cccc(-c2ccc(OC(F)(F)F)c(OCC(F)(F)C(F)(F)F)c2)c1. The highest BCUT2D eigenvalue weighted by Gasteiger charge is 2.58. The Morgan fingerprint density at radius 3 is 2.04 bits per heavy atom. The molecule has 0 bridgehead atoms. The van der Waals surface area contributed by atoms with Crippen molar-refractivity contribution in [1.82, 2.24) is 0 Å². The number of halogens is 8. The molecule has 0 aliphatic heterocycles. The number of rotatable bonds is 6. The fraction of sp³-hybridized carbons (Fsp3) is 0.235. The Morgan fingerprint density at radius 2 is 1.46 bits per heavy atom. The second-order valence-corrected chi connectivity index (χ2v) is 5.44. The predicted octanol–water partition coefficient (Wildman–Crippen LogP) is 5.64. The number of benzene rings is 2. The van der Waals surface area contributed by atoms with E-state index in [1.54, 1.807) is 0 Å². The van der Waals surface area contributed by atoms with Crippen molar-refractivity contribution in [3.05, 3.63) is 48.0 Å². The van der Waals surface area contributed by atoms with Crippen LogP contribution in [-0.4, -0.2) is 31.4 Å². The van der Waals surface area contributed by atoms with Gasteiger partial charge in [0, 0.05) is 5.56 Å². The molecule has 0 radical (unpaired) electrons. The Labute approximate surface area is 152 Å². The summed E-state index contributed by atoms with van der Waals surface area (Å²) < 4.78 is 108. The maximum atomic E-state index is 13.1. The van der Waals surface area contributed by atoms with Gasteiger partial charge in [0.15, 0.2) is 18.1 Å². The molecule has 0 N–H and O–H groups in total. The first-order valence-corrected chi connectivity index (χ1v) is 7.35. The number of alkyl halides is 8. The van der Waals surface area contributed by atoms with Gasteiger partial charge in [-0.1, -0.05) is 24.3 Å². The maximum absolute atomic E-state index is 13.1. The molecule has 3 nitrogen and oxygen atoms in total. The second-order valence-electron chi connectivity index (χ2n) is 5.44. The van der Waals surface area contributed by atoms with Crippen LogP contribution in [-0.2, 0) is 0 Å². The molecule has 0 saturated carbocycles. The van der Waals surface area contributed by atoms with Crippen molar-refractivity contribution in [2.45, 2.75) is 18.5 Å². The molecule has 0 fully saturated rings. The summed E-state index contributed by atoms with van der Waals surface area (Å²) in [5, 5.41) is 0. The summed E-state index contributed by atoms with van der Waals surface area (Å²) in [5.41, 5.74) is 0.596. The minimum absolute atomic E-state index is 0.101. The number of carbonyl (C=O) groups excluding carboxylic acids is 1. The lowest BCUT2D eigenvalue weighted by Gasteiger charge is -2.21. The molecule has 0 amide bonds.